The summed E-state index contributed by atoms with van der Waals surface area (Å²) in [5, 5.41) is 2.81. The topological polar surface area (TPSA) is 79.0 Å². The second kappa shape index (κ2) is 9.80. The number of anilines is 2. The van der Waals surface area contributed by atoms with Crippen LogP contribution in [0.2, 0.25) is 0 Å². The van der Waals surface area contributed by atoms with Gasteiger partial charge >= 0.3 is 0 Å². The van der Waals surface area contributed by atoms with Gasteiger partial charge in [0.05, 0.1) is 25.2 Å². The van der Waals surface area contributed by atoms with Gasteiger partial charge in [-0.1, -0.05) is 28.1 Å². The van der Waals surface area contributed by atoms with Crippen molar-refractivity contribution in [1.29, 1.82) is 0 Å². The van der Waals surface area contributed by atoms with E-state index in [0.29, 0.717) is 12.2 Å². The van der Waals surface area contributed by atoms with E-state index in [9.17, 15) is 13.2 Å². The predicted octanol–water partition coefficient (Wildman–Crippen LogP) is 2.68. The van der Waals surface area contributed by atoms with E-state index >= 15 is 0 Å². The molecule has 1 fully saturated rings. The molecule has 0 aliphatic carbocycles. The molecule has 0 atom stereocenters. The SMILES string of the molecule is Cc1cc(N(CC(=O)NCc2ccc(N3CCOCC3)cc2)S(C)(=O)=O)ccc1Br. The van der Waals surface area contributed by atoms with Crippen molar-refractivity contribution >= 4 is 43.2 Å². The van der Waals surface area contributed by atoms with Gasteiger partial charge in [-0.15, -0.1) is 0 Å². The maximum atomic E-state index is 12.5. The molecule has 1 N–H and O–H groups in total. The average Bonchev–Trinajstić information content (AvgIpc) is 2.73. The second-order valence-corrected chi connectivity index (χ2v) is 10.0. The van der Waals surface area contributed by atoms with Crippen molar-refractivity contribution in [3.63, 3.8) is 0 Å². The molecule has 1 heterocycles. The zero-order valence-corrected chi connectivity index (χ0v) is 19.5. The highest BCUT2D eigenvalue weighted by Gasteiger charge is 2.21. The van der Waals surface area contributed by atoms with Gasteiger partial charge in [0.25, 0.3) is 0 Å². The van der Waals surface area contributed by atoms with Crippen LogP contribution in [-0.2, 0) is 26.1 Å². The Kier molecular flexibility index (Phi) is 7.38. The van der Waals surface area contributed by atoms with Gasteiger partial charge in [0.2, 0.25) is 15.9 Å². The second-order valence-electron chi connectivity index (χ2n) is 7.25. The Morgan fingerprint density at radius 1 is 1.17 bits per heavy atom. The highest BCUT2D eigenvalue weighted by atomic mass is 79.9. The Morgan fingerprint density at radius 3 is 2.43 bits per heavy atom. The third-order valence-electron chi connectivity index (χ3n) is 4.92. The normalized spacial score (nSPS) is 14.4. The van der Waals surface area contributed by atoms with Gasteiger partial charge < -0.3 is 15.0 Å². The van der Waals surface area contributed by atoms with Crippen LogP contribution in [0.5, 0.6) is 0 Å². The first-order valence-corrected chi connectivity index (χ1v) is 12.3. The fraction of sp³-hybridized carbons (Fsp3) is 0.381. The van der Waals surface area contributed by atoms with Crippen LogP contribution in [0.1, 0.15) is 11.1 Å². The molecule has 0 unspecified atom stereocenters. The van der Waals surface area contributed by atoms with Gasteiger partial charge in [0, 0.05) is 29.8 Å². The molecule has 0 spiro atoms. The van der Waals surface area contributed by atoms with E-state index in [1.54, 1.807) is 18.2 Å². The Morgan fingerprint density at radius 2 is 1.83 bits per heavy atom. The Hall–Kier alpha value is -2.10. The van der Waals surface area contributed by atoms with Crippen LogP contribution >= 0.6 is 15.9 Å². The lowest BCUT2D eigenvalue weighted by Gasteiger charge is -2.29. The molecule has 0 saturated carbocycles. The van der Waals surface area contributed by atoms with E-state index in [1.165, 1.54) is 0 Å². The van der Waals surface area contributed by atoms with Gasteiger partial charge in [-0.3, -0.25) is 9.10 Å². The summed E-state index contributed by atoms with van der Waals surface area (Å²) >= 11 is 3.40. The minimum atomic E-state index is -3.60. The Bertz CT molecular complexity index is 990. The zero-order valence-electron chi connectivity index (χ0n) is 17.1. The molecule has 0 radical (unpaired) electrons. The molecule has 9 heteroatoms. The van der Waals surface area contributed by atoms with Crippen LogP contribution in [0, 0.1) is 6.92 Å². The molecular weight excluding hydrogens is 470 g/mol. The molecule has 0 bridgehead atoms. The number of benzene rings is 2. The number of sulfonamides is 1. The third-order valence-corrected chi connectivity index (χ3v) is 6.95. The number of morpholine rings is 1. The molecular formula is C21H26BrN3O4S. The molecule has 2 aromatic carbocycles. The number of hydrogen-bond donors (Lipinski definition) is 1. The molecule has 7 nitrogen and oxygen atoms in total. The van der Waals surface area contributed by atoms with E-state index in [2.05, 4.69) is 26.1 Å². The minimum absolute atomic E-state index is 0.272. The van der Waals surface area contributed by atoms with E-state index in [0.717, 1.165) is 58.2 Å². The molecule has 2 aromatic rings. The molecule has 3 rings (SSSR count). The van der Waals surface area contributed by atoms with Crippen molar-refractivity contribution in [3.05, 3.63) is 58.1 Å². The van der Waals surface area contributed by atoms with Crippen LogP contribution < -0.4 is 14.5 Å². The number of ether oxygens (including phenoxy) is 1. The first-order chi connectivity index (χ1) is 14.2. The summed E-state index contributed by atoms with van der Waals surface area (Å²) in [4.78, 5) is 14.7. The van der Waals surface area contributed by atoms with Crippen molar-refractivity contribution in [1.82, 2.24) is 5.32 Å². The molecule has 1 amide bonds. The van der Waals surface area contributed by atoms with Crippen LogP contribution in [0.4, 0.5) is 11.4 Å². The maximum absolute atomic E-state index is 12.5. The lowest BCUT2D eigenvalue weighted by Crippen LogP contribution is -2.40. The lowest BCUT2D eigenvalue weighted by atomic mass is 10.2. The number of carbonyl (C=O) groups is 1. The Balaban J connectivity index is 1.61. The van der Waals surface area contributed by atoms with Gasteiger partial charge in [0.1, 0.15) is 6.54 Å². The molecule has 1 aliphatic heterocycles. The van der Waals surface area contributed by atoms with Gasteiger partial charge in [-0.25, -0.2) is 8.42 Å². The maximum Gasteiger partial charge on any atom is 0.241 e. The van der Waals surface area contributed by atoms with E-state index in [4.69, 9.17) is 4.74 Å². The van der Waals surface area contributed by atoms with Gasteiger partial charge in [-0.05, 0) is 48.4 Å². The first-order valence-electron chi connectivity index (χ1n) is 9.66. The molecule has 1 aliphatic rings. The van der Waals surface area contributed by atoms with E-state index < -0.39 is 10.0 Å². The number of rotatable bonds is 7. The molecule has 1 saturated heterocycles. The summed E-state index contributed by atoms with van der Waals surface area (Å²) < 4.78 is 31.9. The van der Waals surface area contributed by atoms with Crippen LogP contribution in [-0.4, -0.2) is 53.4 Å². The summed E-state index contributed by atoms with van der Waals surface area (Å²) in [6, 6.07) is 13.2. The van der Waals surface area contributed by atoms with Crippen molar-refractivity contribution in [3.8, 4) is 0 Å². The number of halogens is 1. The Labute approximate surface area is 186 Å². The summed E-state index contributed by atoms with van der Waals surface area (Å²) in [6.45, 7) is 5.12. The van der Waals surface area contributed by atoms with Gasteiger partial charge in [-0.2, -0.15) is 0 Å². The largest absolute Gasteiger partial charge is 0.378 e. The highest BCUT2D eigenvalue weighted by molar-refractivity contribution is 9.10. The van der Waals surface area contributed by atoms with Crippen molar-refractivity contribution in [2.75, 3.05) is 48.3 Å². The molecule has 30 heavy (non-hydrogen) atoms. The molecule has 162 valence electrons. The highest BCUT2D eigenvalue weighted by Crippen LogP contribution is 2.24. The monoisotopic (exact) mass is 495 g/mol. The standard InChI is InChI=1S/C21H26BrN3O4S/c1-16-13-19(7-8-20(16)22)25(30(2,27)28)15-21(26)23-14-17-3-5-18(6-4-17)24-9-11-29-12-10-24/h3-8,13H,9-12,14-15H2,1-2H3,(H,23,26). The van der Waals surface area contributed by atoms with E-state index in [1.807, 2.05) is 31.2 Å². The van der Waals surface area contributed by atoms with Gasteiger partial charge in [0.15, 0.2) is 0 Å². The fourth-order valence-corrected chi connectivity index (χ4v) is 4.31. The predicted molar refractivity (Wildman–Crippen MR) is 122 cm³/mol. The quantitative estimate of drug-likeness (QED) is 0.638. The number of hydrogen-bond acceptors (Lipinski definition) is 5. The van der Waals surface area contributed by atoms with Crippen LogP contribution in [0.15, 0.2) is 46.9 Å². The van der Waals surface area contributed by atoms with Crippen LogP contribution in [0.25, 0.3) is 0 Å². The summed E-state index contributed by atoms with van der Waals surface area (Å²) in [6.07, 6.45) is 1.10. The lowest BCUT2D eigenvalue weighted by molar-refractivity contribution is -0.119. The first kappa shape index (κ1) is 22.6. The minimum Gasteiger partial charge on any atom is -0.378 e. The average molecular weight is 496 g/mol. The number of amides is 1. The number of nitrogens with zero attached hydrogens (tertiary/aromatic N) is 2. The van der Waals surface area contributed by atoms with Crippen molar-refractivity contribution in [2.45, 2.75) is 13.5 Å². The van der Waals surface area contributed by atoms with Crippen molar-refractivity contribution < 1.29 is 17.9 Å². The fourth-order valence-electron chi connectivity index (χ4n) is 3.22. The number of nitrogens with one attached hydrogen (secondary N) is 1. The summed E-state index contributed by atoms with van der Waals surface area (Å²) in [7, 11) is -3.60. The summed E-state index contributed by atoms with van der Waals surface area (Å²) in [5.74, 6) is -0.363. The summed E-state index contributed by atoms with van der Waals surface area (Å²) in [5.41, 5.74) is 3.43. The number of aryl methyl sites for hydroxylation is 1. The smallest absolute Gasteiger partial charge is 0.241 e. The zero-order chi connectivity index (χ0) is 21.7. The van der Waals surface area contributed by atoms with Crippen molar-refractivity contribution in [2.24, 2.45) is 0 Å². The third kappa shape index (κ3) is 5.96. The number of carbonyl (C=O) groups excluding carboxylic acids is 1. The molecule has 0 aromatic heterocycles. The van der Waals surface area contributed by atoms with Crippen LogP contribution in [0.3, 0.4) is 0 Å². The van der Waals surface area contributed by atoms with E-state index in [-0.39, 0.29) is 12.5 Å².